The second-order valence-corrected chi connectivity index (χ2v) is 5.44. The van der Waals surface area contributed by atoms with Crippen LogP contribution in [-0.2, 0) is 0 Å². The van der Waals surface area contributed by atoms with Crippen molar-refractivity contribution < 1.29 is 9.31 Å². The summed E-state index contributed by atoms with van der Waals surface area (Å²) in [4.78, 5) is 12.4. The molecule has 1 N–H and O–H groups in total. The van der Waals surface area contributed by atoms with Crippen molar-refractivity contribution in [2.45, 2.75) is 19.8 Å². The molecule has 0 aromatic heterocycles. The molecule has 0 bridgehead atoms. The van der Waals surface area contributed by atoms with Gasteiger partial charge in [0.2, 0.25) is 0 Å². The van der Waals surface area contributed by atoms with E-state index in [0.29, 0.717) is 17.2 Å². The third-order valence-corrected chi connectivity index (χ3v) is 3.79. The monoisotopic (exact) mass is 281 g/mol. The normalized spacial score (nSPS) is 18.9. The molecule has 0 radical (unpaired) electrons. The number of halogens is 1. The minimum absolute atomic E-state index is 0.167. The molecule has 6 heteroatoms. The molecule has 2 rings (SSSR count). The maximum atomic E-state index is 13.5. The zero-order valence-corrected chi connectivity index (χ0v) is 11.9. The molecule has 1 aromatic rings. The van der Waals surface area contributed by atoms with Gasteiger partial charge in [-0.1, -0.05) is 0 Å². The summed E-state index contributed by atoms with van der Waals surface area (Å²) in [5, 5.41) is 14.4. The smallest absolute Gasteiger partial charge is 0.295 e. The van der Waals surface area contributed by atoms with Crippen LogP contribution in [0.4, 0.5) is 15.8 Å². The minimum Gasteiger partial charge on any atom is -0.369 e. The molecular formula is C14H20FN3O2. The summed E-state index contributed by atoms with van der Waals surface area (Å²) >= 11 is 0. The molecule has 0 amide bonds. The second-order valence-electron chi connectivity index (χ2n) is 5.44. The van der Waals surface area contributed by atoms with E-state index in [-0.39, 0.29) is 5.69 Å². The lowest BCUT2D eigenvalue weighted by molar-refractivity contribution is -0.384. The van der Waals surface area contributed by atoms with E-state index in [0.717, 1.165) is 38.5 Å². The molecule has 0 aliphatic carbocycles. The van der Waals surface area contributed by atoms with Crippen molar-refractivity contribution in [3.63, 3.8) is 0 Å². The second kappa shape index (κ2) is 6.17. The Hall–Kier alpha value is -1.69. The molecule has 0 spiro atoms. The van der Waals surface area contributed by atoms with E-state index in [2.05, 4.69) is 5.32 Å². The Kier molecular flexibility index (Phi) is 4.54. The van der Waals surface area contributed by atoms with E-state index in [1.165, 1.54) is 0 Å². The number of anilines is 1. The topological polar surface area (TPSA) is 58.4 Å². The van der Waals surface area contributed by atoms with E-state index >= 15 is 0 Å². The molecule has 1 saturated heterocycles. The predicted octanol–water partition coefficient (Wildman–Crippen LogP) is 2.48. The molecular weight excluding hydrogens is 261 g/mol. The van der Waals surface area contributed by atoms with Crippen molar-refractivity contribution in [3.05, 3.63) is 33.6 Å². The summed E-state index contributed by atoms with van der Waals surface area (Å²) in [6, 6.07) is 2.57. The van der Waals surface area contributed by atoms with Crippen LogP contribution in [0.15, 0.2) is 12.1 Å². The van der Waals surface area contributed by atoms with Gasteiger partial charge in [0.05, 0.1) is 11.0 Å². The van der Waals surface area contributed by atoms with Gasteiger partial charge in [0.15, 0.2) is 0 Å². The number of hydrogen-bond donors (Lipinski definition) is 1. The van der Waals surface area contributed by atoms with Crippen molar-refractivity contribution in [3.8, 4) is 0 Å². The van der Waals surface area contributed by atoms with Gasteiger partial charge in [0.25, 0.3) is 5.69 Å². The average Bonchev–Trinajstić information content (AvgIpc) is 2.42. The van der Waals surface area contributed by atoms with Crippen LogP contribution in [0, 0.1) is 28.8 Å². The number of nitro groups is 1. The summed E-state index contributed by atoms with van der Waals surface area (Å²) in [5.41, 5.74) is 0.748. The lowest BCUT2D eigenvalue weighted by Gasteiger charge is -2.28. The van der Waals surface area contributed by atoms with Gasteiger partial charge < -0.3 is 10.2 Å². The Morgan fingerprint density at radius 2 is 2.30 bits per heavy atom. The van der Waals surface area contributed by atoms with Crippen molar-refractivity contribution in [2.24, 2.45) is 5.92 Å². The molecule has 1 unspecified atom stereocenters. The Balaban J connectivity index is 2.21. The zero-order chi connectivity index (χ0) is 14.7. The number of aryl methyl sites for hydroxylation is 1. The van der Waals surface area contributed by atoms with Gasteiger partial charge in [-0.25, -0.2) is 4.39 Å². The van der Waals surface area contributed by atoms with Crippen LogP contribution in [0.5, 0.6) is 0 Å². The fourth-order valence-corrected chi connectivity index (χ4v) is 2.67. The summed E-state index contributed by atoms with van der Waals surface area (Å²) in [6.45, 7) is 4.33. The average molecular weight is 281 g/mol. The van der Waals surface area contributed by atoms with Crippen LogP contribution in [0.2, 0.25) is 0 Å². The van der Waals surface area contributed by atoms with Gasteiger partial charge in [-0.3, -0.25) is 10.1 Å². The number of hydrogen-bond acceptors (Lipinski definition) is 4. The van der Waals surface area contributed by atoms with Crippen molar-refractivity contribution >= 4 is 11.4 Å². The van der Waals surface area contributed by atoms with E-state index in [9.17, 15) is 14.5 Å². The number of nitro benzene ring substituents is 1. The standard InChI is InChI=1S/C14H20FN3O2/c1-10-6-13(14(18(19)20)7-12(10)15)17(2)9-11-4-3-5-16-8-11/h6-7,11,16H,3-5,8-9H2,1-2H3. The first-order valence-corrected chi connectivity index (χ1v) is 6.85. The van der Waals surface area contributed by atoms with Crippen LogP contribution in [0.1, 0.15) is 18.4 Å². The van der Waals surface area contributed by atoms with Gasteiger partial charge in [0, 0.05) is 13.6 Å². The maximum Gasteiger partial charge on any atom is 0.295 e. The first-order valence-electron chi connectivity index (χ1n) is 6.85. The summed E-state index contributed by atoms with van der Waals surface area (Å²) < 4.78 is 13.5. The lowest BCUT2D eigenvalue weighted by atomic mass is 9.99. The number of rotatable bonds is 4. The molecule has 1 aliphatic rings. The van der Waals surface area contributed by atoms with Gasteiger partial charge in [0.1, 0.15) is 11.5 Å². The van der Waals surface area contributed by atoms with Crippen molar-refractivity contribution in [1.29, 1.82) is 0 Å². The van der Waals surface area contributed by atoms with Crippen molar-refractivity contribution in [2.75, 3.05) is 31.6 Å². The van der Waals surface area contributed by atoms with Gasteiger partial charge >= 0.3 is 0 Å². The highest BCUT2D eigenvalue weighted by Gasteiger charge is 2.22. The Morgan fingerprint density at radius 1 is 1.55 bits per heavy atom. The first kappa shape index (κ1) is 14.7. The zero-order valence-electron chi connectivity index (χ0n) is 11.9. The van der Waals surface area contributed by atoms with Crippen LogP contribution in [-0.4, -0.2) is 31.6 Å². The minimum atomic E-state index is -0.534. The van der Waals surface area contributed by atoms with Crippen LogP contribution in [0.3, 0.4) is 0 Å². The molecule has 1 heterocycles. The van der Waals surface area contributed by atoms with E-state index in [1.54, 1.807) is 13.0 Å². The molecule has 110 valence electrons. The predicted molar refractivity (Wildman–Crippen MR) is 76.7 cm³/mol. The molecule has 20 heavy (non-hydrogen) atoms. The quantitative estimate of drug-likeness (QED) is 0.680. The maximum absolute atomic E-state index is 13.5. The molecule has 1 aromatic carbocycles. The van der Waals surface area contributed by atoms with Gasteiger partial charge in [-0.15, -0.1) is 0 Å². The highest BCUT2D eigenvalue weighted by molar-refractivity contribution is 5.64. The SMILES string of the molecule is Cc1cc(N(C)CC2CCCNC2)c([N+](=O)[O-])cc1F. The Morgan fingerprint density at radius 3 is 2.90 bits per heavy atom. The summed E-state index contributed by atoms with van der Waals surface area (Å²) in [5.74, 6) is -0.0631. The molecule has 5 nitrogen and oxygen atoms in total. The molecule has 1 aliphatic heterocycles. The van der Waals surface area contributed by atoms with Crippen LogP contribution >= 0.6 is 0 Å². The first-order chi connectivity index (χ1) is 9.49. The van der Waals surface area contributed by atoms with Crippen molar-refractivity contribution in [1.82, 2.24) is 5.32 Å². The molecule has 1 atom stereocenters. The Bertz CT molecular complexity index is 501. The van der Waals surface area contributed by atoms with Gasteiger partial charge in [-0.05, 0) is 50.4 Å². The number of nitrogens with zero attached hydrogens (tertiary/aromatic N) is 2. The highest BCUT2D eigenvalue weighted by atomic mass is 19.1. The third kappa shape index (κ3) is 3.25. The Labute approximate surface area is 117 Å². The fourth-order valence-electron chi connectivity index (χ4n) is 2.67. The highest BCUT2D eigenvalue weighted by Crippen LogP contribution is 2.31. The van der Waals surface area contributed by atoms with E-state index in [4.69, 9.17) is 0 Å². The molecule has 1 fully saturated rings. The van der Waals surface area contributed by atoms with Crippen LogP contribution < -0.4 is 10.2 Å². The lowest BCUT2D eigenvalue weighted by Crippen LogP contribution is -2.37. The summed E-state index contributed by atoms with van der Waals surface area (Å²) in [7, 11) is 1.83. The molecule has 0 saturated carbocycles. The van der Waals surface area contributed by atoms with E-state index in [1.807, 2.05) is 11.9 Å². The number of piperidine rings is 1. The number of benzene rings is 1. The fraction of sp³-hybridized carbons (Fsp3) is 0.571. The number of nitrogens with one attached hydrogen (secondary N) is 1. The largest absolute Gasteiger partial charge is 0.369 e. The van der Waals surface area contributed by atoms with E-state index < -0.39 is 10.7 Å². The van der Waals surface area contributed by atoms with Crippen LogP contribution in [0.25, 0.3) is 0 Å². The third-order valence-electron chi connectivity index (χ3n) is 3.79. The van der Waals surface area contributed by atoms with Gasteiger partial charge in [-0.2, -0.15) is 0 Å². The summed E-state index contributed by atoms with van der Waals surface area (Å²) in [6.07, 6.45) is 2.24.